The van der Waals surface area contributed by atoms with Crippen LogP contribution in [0.5, 0.6) is 5.75 Å². The van der Waals surface area contributed by atoms with E-state index in [4.69, 9.17) is 9.88 Å². The van der Waals surface area contributed by atoms with Gasteiger partial charge in [0.15, 0.2) is 0 Å². The van der Waals surface area contributed by atoms with Gasteiger partial charge in [0, 0.05) is 31.5 Å². The fraction of sp³-hybridized carbons (Fsp3) is 0.300. The Balaban J connectivity index is 1.70. The monoisotopic (exact) mass is 416 g/mol. The van der Waals surface area contributed by atoms with E-state index in [-0.39, 0.29) is 17.2 Å². The smallest absolute Gasteiger partial charge is 0.238 e. The number of amides is 1. The van der Waals surface area contributed by atoms with Crippen LogP contribution in [0.2, 0.25) is 0 Å². The van der Waals surface area contributed by atoms with Crippen LogP contribution in [0.1, 0.15) is 24.7 Å². The largest absolute Gasteiger partial charge is 0.496 e. The van der Waals surface area contributed by atoms with E-state index in [1.54, 1.807) is 13.2 Å². The summed E-state index contributed by atoms with van der Waals surface area (Å²) in [6.45, 7) is 3.01. The molecule has 29 heavy (non-hydrogen) atoms. The number of hydrogen-bond acceptors (Lipinski definition) is 5. The molecule has 0 radical (unpaired) electrons. The molecule has 1 aromatic heterocycles. The fourth-order valence-electron chi connectivity index (χ4n) is 3.24. The van der Waals surface area contributed by atoms with Crippen molar-refractivity contribution in [2.24, 2.45) is 5.14 Å². The molecule has 3 N–H and O–H groups in total. The number of primary sulfonamides is 1. The minimum atomic E-state index is -3.79. The zero-order chi connectivity index (χ0) is 21.0. The topological polar surface area (TPSA) is 116 Å². The molecule has 2 aromatic carbocycles. The molecule has 0 saturated heterocycles. The Morgan fingerprint density at radius 2 is 2.00 bits per heavy atom. The third kappa shape index (κ3) is 4.75. The molecule has 0 aliphatic heterocycles. The molecule has 154 valence electrons. The van der Waals surface area contributed by atoms with E-state index in [0.717, 1.165) is 22.7 Å². The number of carbonyl (C=O) groups excluding carboxylic acids is 1. The summed E-state index contributed by atoms with van der Waals surface area (Å²) >= 11 is 0. The normalized spacial score (nSPS) is 11.6. The summed E-state index contributed by atoms with van der Waals surface area (Å²) < 4.78 is 30.4. The molecule has 0 aliphatic carbocycles. The third-order valence-corrected chi connectivity index (χ3v) is 5.60. The number of fused-ring (bicyclic) bond motifs is 1. The maximum absolute atomic E-state index is 12.3. The second-order valence-electron chi connectivity index (χ2n) is 6.56. The standard InChI is InChI=1S/C20H24N4O4S/c1-3-24-17-9-8-15(29(21,26)27)12-16(17)23-19(24)10-11-20(25)22-13-14-6-4-5-7-18(14)28-2/h4-9,12H,3,10-11,13H2,1-2H3,(H,22,25)(H2,21,26,27). The number of benzene rings is 2. The minimum absolute atomic E-state index is 0.0202. The number of aryl methyl sites for hydroxylation is 2. The number of carbonyl (C=O) groups is 1. The molecular weight excluding hydrogens is 392 g/mol. The van der Waals surface area contributed by atoms with Crippen LogP contribution in [-0.2, 0) is 34.3 Å². The number of nitrogens with zero attached hydrogens (tertiary/aromatic N) is 2. The Morgan fingerprint density at radius 3 is 2.69 bits per heavy atom. The first-order valence-corrected chi connectivity index (χ1v) is 10.8. The summed E-state index contributed by atoms with van der Waals surface area (Å²) in [5.74, 6) is 1.35. The Bertz CT molecular complexity index is 1140. The summed E-state index contributed by atoms with van der Waals surface area (Å²) in [4.78, 5) is 16.8. The molecule has 1 amide bonds. The van der Waals surface area contributed by atoms with Crippen LogP contribution in [0.15, 0.2) is 47.4 Å². The summed E-state index contributed by atoms with van der Waals surface area (Å²) in [5, 5.41) is 8.09. The summed E-state index contributed by atoms with van der Waals surface area (Å²) in [7, 11) is -2.20. The molecule has 1 heterocycles. The molecule has 8 nitrogen and oxygen atoms in total. The number of hydrogen-bond donors (Lipinski definition) is 2. The lowest BCUT2D eigenvalue weighted by Gasteiger charge is -2.10. The van der Waals surface area contributed by atoms with Crippen LogP contribution in [0.4, 0.5) is 0 Å². The van der Waals surface area contributed by atoms with Gasteiger partial charge in [-0.25, -0.2) is 18.5 Å². The number of ether oxygens (including phenoxy) is 1. The van der Waals surface area contributed by atoms with Gasteiger partial charge in [0.25, 0.3) is 0 Å². The number of nitrogens with one attached hydrogen (secondary N) is 1. The minimum Gasteiger partial charge on any atom is -0.496 e. The molecular formula is C20H24N4O4S. The van der Waals surface area contributed by atoms with Crippen molar-refractivity contribution < 1.29 is 17.9 Å². The quantitative estimate of drug-likeness (QED) is 0.582. The number of aromatic nitrogens is 2. The van der Waals surface area contributed by atoms with Crippen molar-refractivity contribution in [1.29, 1.82) is 0 Å². The molecule has 0 atom stereocenters. The highest BCUT2D eigenvalue weighted by Gasteiger charge is 2.15. The molecule has 0 bridgehead atoms. The Morgan fingerprint density at radius 1 is 1.24 bits per heavy atom. The van der Waals surface area contributed by atoms with Gasteiger partial charge in [0.2, 0.25) is 15.9 Å². The van der Waals surface area contributed by atoms with Crippen molar-refractivity contribution in [3.05, 3.63) is 53.9 Å². The zero-order valence-electron chi connectivity index (χ0n) is 16.4. The van der Waals surface area contributed by atoms with Crippen molar-refractivity contribution in [3.63, 3.8) is 0 Å². The van der Waals surface area contributed by atoms with Crippen molar-refractivity contribution >= 4 is 27.0 Å². The SMILES string of the molecule is CCn1c(CCC(=O)NCc2ccccc2OC)nc2cc(S(N)(=O)=O)ccc21. The summed E-state index contributed by atoms with van der Waals surface area (Å²) in [6.07, 6.45) is 0.700. The second-order valence-corrected chi connectivity index (χ2v) is 8.12. The van der Waals surface area contributed by atoms with E-state index in [2.05, 4.69) is 10.3 Å². The molecule has 0 fully saturated rings. The lowest BCUT2D eigenvalue weighted by molar-refractivity contribution is -0.121. The average Bonchev–Trinajstić information content (AvgIpc) is 3.06. The first-order valence-electron chi connectivity index (χ1n) is 9.24. The average molecular weight is 417 g/mol. The molecule has 0 spiro atoms. The molecule has 0 unspecified atom stereocenters. The molecule has 9 heteroatoms. The van der Waals surface area contributed by atoms with Crippen LogP contribution in [0, 0.1) is 0 Å². The number of rotatable bonds is 8. The first kappa shape index (κ1) is 20.8. The van der Waals surface area contributed by atoms with Crippen molar-refractivity contribution in [2.45, 2.75) is 37.8 Å². The van der Waals surface area contributed by atoms with Crippen LogP contribution >= 0.6 is 0 Å². The van der Waals surface area contributed by atoms with Gasteiger partial charge >= 0.3 is 0 Å². The molecule has 3 rings (SSSR count). The highest BCUT2D eigenvalue weighted by Crippen LogP contribution is 2.21. The number of imidazole rings is 1. The van der Waals surface area contributed by atoms with Crippen LogP contribution < -0.4 is 15.2 Å². The van der Waals surface area contributed by atoms with E-state index in [9.17, 15) is 13.2 Å². The van der Waals surface area contributed by atoms with Gasteiger partial charge < -0.3 is 14.6 Å². The second kappa shape index (κ2) is 8.62. The molecule has 3 aromatic rings. The van der Waals surface area contributed by atoms with Gasteiger partial charge in [-0.2, -0.15) is 0 Å². The number of methoxy groups -OCH3 is 1. The van der Waals surface area contributed by atoms with E-state index >= 15 is 0 Å². The zero-order valence-corrected chi connectivity index (χ0v) is 17.2. The lowest BCUT2D eigenvalue weighted by atomic mass is 10.2. The van der Waals surface area contributed by atoms with Crippen molar-refractivity contribution in [2.75, 3.05) is 7.11 Å². The van der Waals surface area contributed by atoms with E-state index < -0.39 is 10.0 Å². The highest BCUT2D eigenvalue weighted by atomic mass is 32.2. The van der Waals surface area contributed by atoms with Gasteiger partial charge in [0.05, 0.1) is 23.0 Å². The van der Waals surface area contributed by atoms with Crippen LogP contribution in [-0.4, -0.2) is 31.0 Å². The van der Waals surface area contributed by atoms with E-state index in [0.29, 0.717) is 25.0 Å². The van der Waals surface area contributed by atoms with Crippen LogP contribution in [0.3, 0.4) is 0 Å². The molecule has 0 aliphatic rings. The van der Waals surface area contributed by atoms with E-state index in [1.165, 1.54) is 12.1 Å². The van der Waals surface area contributed by atoms with Gasteiger partial charge in [-0.15, -0.1) is 0 Å². The van der Waals surface area contributed by atoms with Crippen molar-refractivity contribution in [1.82, 2.24) is 14.9 Å². The third-order valence-electron chi connectivity index (χ3n) is 4.69. The lowest BCUT2D eigenvalue weighted by Crippen LogP contribution is -2.23. The van der Waals surface area contributed by atoms with Gasteiger partial charge in [-0.05, 0) is 31.2 Å². The highest BCUT2D eigenvalue weighted by molar-refractivity contribution is 7.89. The Hall–Kier alpha value is -2.91. The Labute approximate surface area is 169 Å². The Kier molecular flexibility index (Phi) is 6.19. The predicted octanol–water partition coefficient (Wildman–Crippen LogP) is 1.96. The van der Waals surface area contributed by atoms with Gasteiger partial charge in [-0.3, -0.25) is 4.79 Å². The first-order chi connectivity index (χ1) is 13.8. The van der Waals surface area contributed by atoms with Crippen LogP contribution in [0.25, 0.3) is 11.0 Å². The van der Waals surface area contributed by atoms with Gasteiger partial charge in [0.1, 0.15) is 11.6 Å². The van der Waals surface area contributed by atoms with Gasteiger partial charge in [-0.1, -0.05) is 18.2 Å². The summed E-state index contributed by atoms with van der Waals surface area (Å²) in [5.41, 5.74) is 2.26. The molecule has 0 saturated carbocycles. The number of para-hydroxylation sites is 1. The van der Waals surface area contributed by atoms with Crippen molar-refractivity contribution in [3.8, 4) is 5.75 Å². The fourth-order valence-corrected chi connectivity index (χ4v) is 3.77. The summed E-state index contributed by atoms with van der Waals surface area (Å²) in [6, 6.07) is 12.1. The maximum Gasteiger partial charge on any atom is 0.238 e. The number of sulfonamides is 1. The van der Waals surface area contributed by atoms with E-state index in [1.807, 2.05) is 35.8 Å². The maximum atomic E-state index is 12.3. The predicted molar refractivity (Wildman–Crippen MR) is 110 cm³/mol. The number of nitrogens with two attached hydrogens (primary N) is 1.